The molecule has 0 atom stereocenters. The van der Waals surface area contributed by atoms with Crippen LogP contribution in [0.25, 0.3) is 0 Å². The molecule has 3 rings (SSSR count). The maximum Gasteiger partial charge on any atom is 0.255 e. The highest BCUT2D eigenvalue weighted by Crippen LogP contribution is 2.29. The van der Waals surface area contributed by atoms with Gasteiger partial charge in [-0.1, -0.05) is 56.8 Å². The van der Waals surface area contributed by atoms with E-state index >= 15 is 0 Å². The lowest BCUT2D eigenvalue weighted by Gasteiger charge is -2.14. The van der Waals surface area contributed by atoms with E-state index in [1.807, 2.05) is 42.6 Å². The van der Waals surface area contributed by atoms with E-state index in [1.165, 1.54) is 11.8 Å². The third kappa shape index (κ3) is 5.93. The second kappa shape index (κ2) is 9.45. The lowest BCUT2D eigenvalue weighted by Crippen LogP contribution is -2.16. The van der Waals surface area contributed by atoms with E-state index in [-0.39, 0.29) is 23.0 Å². The van der Waals surface area contributed by atoms with E-state index in [0.29, 0.717) is 16.9 Å². The van der Waals surface area contributed by atoms with Crippen LogP contribution in [0.3, 0.4) is 0 Å². The zero-order chi connectivity index (χ0) is 21.7. The Bertz CT molecular complexity index is 1040. The van der Waals surface area contributed by atoms with Gasteiger partial charge in [0.1, 0.15) is 0 Å². The van der Waals surface area contributed by atoms with E-state index in [2.05, 4.69) is 36.4 Å². The highest BCUT2D eigenvalue weighted by molar-refractivity contribution is 8.01. The number of aryl methyl sites for hydroxylation is 1. The van der Waals surface area contributed by atoms with Crippen LogP contribution in [0.15, 0.2) is 58.3 Å². The number of rotatable bonds is 6. The minimum Gasteiger partial charge on any atom is -0.325 e. The number of anilines is 2. The first-order valence-corrected chi connectivity index (χ1v) is 11.4. The van der Waals surface area contributed by atoms with E-state index in [4.69, 9.17) is 0 Å². The monoisotopic (exact) mass is 439 g/mol. The first-order valence-electron chi connectivity index (χ1n) is 9.58. The van der Waals surface area contributed by atoms with Crippen molar-refractivity contribution in [2.45, 2.75) is 37.4 Å². The van der Waals surface area contributed by atoms with Gasteiger partial charge in [-0.2, -0.15) is 0 Å². The Labute approximate surface area is 185 Å². The van der Waals surface area contributed by atoms with Crippen LogP contribution in [0.5, 0.6) is 0 Å². The second-order valence-electron chi connectivity index (χ2n) is 7.94. The zero-order valence-corrected chi connectivity index (χ0v) is 19.1. The molecular weight excluding hydrogens is 414 g/mol. The summed E-state index contributed by atoms with van der Waals surface area (Å²) in [4.78, 5) is 29.4. The number of hydrogen-bond donors (Lipinski definition) is 2. The maximum atomic E-state index is 12.4. The number of carbonyl (C=O) groups is 2. The number of carbonyl (C=O) groups excluding carboxylic acids is 2. The highest BCUT2D eigenvalue weighted by Gasteiger charge is 2.18. The summed E-state index contributed by atoms with van der Waals surface area (Å²) in [6.45, 7) is 8.27. The molecule has 2 N–H and O–H groups in total. The van der Waals surface area contributed by atoms with Crippen LogP contribution in [0.1, 0.15) is 42.4 Å². The Morgan fingerprint density at radius 2 is 1.80 bits per heavy atom. The number of hydrogen-bond acceptors (Lipinski definition) is 5. The fourth-order valence-corrected chi connectivity index (χ4v) is 4.46. The SMILES string of the molecule is Cc1ccc(NC(=O)CSc2nc(C(C)(C)C)cs2)cc1NC(=O)c1ccccc1. The van der Waals surface area contributed by atoms with E-state index in [1.54, 1.807) is 29.5 Å². The van der Waals surface area contributed by atoms with Gasteiger partial charge >= 0.3 is 0 Å². The predicted molar refractivity (Wildman–Crippen MR) is 126 cm³/mol. The van der Waals surface area contributed by atoms with Gasteiger partial charge in [-0.05, 0) is 36.8 Å². The third-order valence-corrected chi connectivity index (χ3v) is 6.40. The summed E-state index contributed by atoms with van der Waals surface area (Å²) in [5, 5.41) is 7.85. The molecule has 0 aliphatic carbocycles. The minimum atomic E-state index is -0.184. The molecule has 30 heavy (non-hydrogen) atoms. The molecule has 2 aromatic carbocycles. The van der Waals surface area contributed by atoms with Gasteiger partial charge in [-0.3, -0.25) is 9.59 Å². The van der Waals surface area contributed by atoms with Gasteiger partial charge in [0.05, 0.1) is 11.4 Å². The normalized spacial score (nSPS) is 11.2. The number of benzene rings is 2. The average molecular weight is 440 g/mol. The molecule has 2 amide bonds. The summed E-state index contributed by atoms with van der Waals surface area (Å²) in [7, 11) is 0. The Morgan fingerprint density at radius 3 is 2.47 bits per heavy atom. The molecule has 0 aliphatic heterocycles. The van der Waals surface area contributed by atoms with Gasteiger partial charge in [-0.15, -0.1) is 11.3 Å². The van der Waals surface area contributed by atoms with Crippen molar-refractivity contribution in [2.24, 2.45) is 0 Å². The van der Waals surface area contributed by atoms with Crippen LogP contribution >= 0.6 is 23.1 Å². The van der Waals surface area contributed by atoms with Gasteiger partial charge in [-0.25, -0.2) is 4.98 Å². The van der Waals surface area contributed by atoms with Gasteiger partial charge in [0.2, 0.25) is 5.91 Å². The van der Waals surface area contributed by atoms with Crippen molar-refractivity contribution < 1.29 is 9.59 Å². The minimum absolute atomic E-state index is 0.0000523. The zero-order valence-electron chi connectivity index (χ0n) is 17.5. The molecule has 0 aliphatic rings. The number of nitrogens with zero attached hydrogens (tertiary/aromatic N) is 1. The van der Waals surface area contributed by atoms with Crippen LogP contribution in [0.4, 0.5) is 11.4 Å². The van der Waals surface area contributed by atoms with Crippen LogP contribution < -0.4 is 10.6 Å². The summed E-state index contributed by atoms with van der Waals surface area (Å²) in [6, 6.07) is 14.5. The van der Waals surface area contributed by atoms with Gasteiger partial charge < -0.3 is 10.6 Å². The average Bonchev–Trinajstić information content (AvgIpc) is 3.19. The molecule has 3 aromatic rings. The standard InChI is InChI=1S/C23H25N3O2S2/c1-15-10-11-17(12-18(15)25-21(28)16-8-6-5-7-9-16)24-20(27)14-30-22-26-19(13-29-22)23(2,3)4/h5-13H,14H2,1-4H3,(H,24,27)(H,25,28). The smallest absolute Gasteiger partial charge is 0.255 e. The van der Waals surface area contributed by atoms with Crippen molar-refractivity contribution in [1.82, 2.24) is 4.98 Å². The highest BCUT2D eigenvalue weighted by atomic mass is 32.2. The summed E-state index contributed by atoms with van der Waals surface area (Å²) in [5.41, 5.74) is 3.85. The molecule has 0 unspecified atom stereocenters. The Morgan fingerprint density at radius 1 is 1.07 bits per heavy atom. The molecule has 5 nitrogen and oxygen atoms in total. The van der Waals surface area contributed by atoms with Crippen LogP contribution in [0, 0.1) is 6.92 Å². The predicted octanol–water partition coefficient (Wildman–Crippen LogP) is 5.73. The second-order valence-corrected chi connectivity index (χ2v) is 10.0. The number of aromatic nitrogens is 1. The maximum absolute atomic E-state index is 12.4. The number of thiazole rings is 1. The van der Waals surface area contributed by atoms with E-state index < -0.39 is 0 Å². The molecular formula is C23H25N3O2S2. The Hall–Kier alpha value is -2.64. The van der Waals surface area contributed by atoms with Gasteiger partial charge in [0, 0.05) is 27.7 Å². The molecule has 156 valence electrons. The van der Waals surface area contributed by atoms with Crippen molar-refractivity contribution in [2.75, 3.05) is 16.4 Å². The fourth-order valence-electron chi connectivity index (χ4n) is 2.61. The summed E-state index contributed by atoms with van der Waals surface area (Å²) >= 11 is 2.98. The van der Waals surface area contributed by atoms with Gasteiger partial charge in [0.15, 0.2) is 4.34 Å². The third-order valence-electron chi connectivity index (χ3n) is 4.38. The van der Waals surface area contributed by atoms with Crippen LogP contribution in [-0.4, -0.2) is 22.6 Å². The largest absolute Gasteiger partial charge is 0.325 e. The molecule has 1 aromatic heterocycles. The van der Waals surface area contributed by atoms with Crippen molar-refractivity contribution >= 4 is 46.3 Å². The Kier molecular flexibility index (Phi) is 6.95. The topological polar surface area (TPSA) is 71.1 Å². The van der Waals surface area contributed by atoms with Crippen molar-refractivity contribution in [1.29, 1.82) is 0 Å². The number of thioether (sulfide) groups is 1. The number of nitrogens with one attached hydrogen (secondary N) is 2. The first kappa shape index (κ1) is 22.1. The van der Waals surface area contributed by atoms with Crippen molar-refractivity contribution in [3.05, 3.63) is 70.7 Å². The molecule has 0 fully saturated rings. The molecule has 7 heteroatoms. The summed E-state index contributed by atoms with van der Waals surface area (Å²) in [6.07, 6.45) is 0. The van der Waals surface area contributed by atoms with E-state index in [9.17, 15) is 9.59 Å². The quantitative estimate of drug-likeness (QED) is 0.481. The summed E-state index contributed by atoms with van der Waals surface area (Å²) in [5.74, 6) is -0.0238. The first-order chi connectivity index (χ1) is 14.2. The Balaban J connectivity index is 1.60. The lowest BCUT2D eigenvalue weighted by atomic mass is 9.93. The lowest BCUT2D eigenvalue weighted by molar-refractivity contribution is -0.113. The van der Waals surface area contributed by atoms with Crippen LogP contribution in [0.2, 0.25) is 0 Å². The van der Waals surface area contributed by atoms with E-state index in [0.717, 1.165) is 15.6 Å². The molecule has 0 radical (unpaired) electrons. The van der Waals surface area contributed by atoms with Crippen LogP contribution in [-0.2, 0) is 10.2 Å². The summed E-state index contributed by atoms with van der Waals surface area (Å²) < 4.78 is 0.884. The molecule has 0 spiro atoms. The van der Waals surface area contributed by atoms with Gasteiger partial charge in [0.25, 0.3) is 5.91 Å². The van der Waals surface area contributed by atoms with Crippen molar-refractivity contribution in [3.8, 4) is 0 Å². The molecule has 0 bridgehead atoms. The molecule has 0 saturated heterocycles. The number of amides is 2. The van der Waals surface area contributed by atoms with Crippen molar-refractivity contribution in [3.63, 3.8) is 0 Å². The molecule has 1 heterocycles. The molecule has 0 saturated carbocycles. The fraction of sp³-hybridized carbons (Fsp3) is 0.261.